The van der Waals surface area contributed by atoms with Crippen LogP contribution in [0.3, 0.4) is 0 Å². The van der Waals surface area contributed by atoms with Crippen LogP contribution in [0.5, 0.6) is 11.5 Å². The van der Waals surface area contributed by atoms with Crippen molar-refractivity contribution in [1.82, 2.24) is 5.43 Å². The number of methoxy groups -OCH3 is 1. The van der Waals surface area contributed by atoms with Gasteiger partial charge in [0.15, 0.2) is 21.9 Å². The summed E-state index contributed by atoms with van der Waals surface area (Å²) < 4.78 is 16.5. The highest BCUT2D eigenvalue weighted by Gasteiger charge is 2.06. The van der Waals surface area contributed by atoms with Crippen molar-refractivity contribution in [3.63, 3.8) is 0 Å². The van der Waals surface area contributed by atoms with Crippen molar-refractivity contribution >= 4 is 34.7 Å². The molecule has 0 saturated carbocycles. The van der Waals surface area contributed by atoms with Gasteiger partial charge in [-0.05, 0) is 46.9 Å². The number of hydrazone groups is 1. The van der Waals surface area contributed by atoms with Gasteiger partial charge in [0.05, 0.1) is 13.3 Å². The fraction of sp³-hybridized carbons (Fsp3) is 0.143. The number of rotatable bonds is 6. The summed E-state index contributed by atoms with van der Waals surface area (Å²) in [7, 11) is 1.54. The van der Waals surface area contributed by atoms with E-state index in [4.69, 9.17) is 13.9 Å². The van der Waals surface area contributed by atoms with Gasteiger partial charge in [0.2, 0.25) is 0 Å². The van der Waals surface area contributed by atoms with E-state index in [1.54, 1.807) is 30.3 Å². The lowest BCUT2D eigenvalue weighted by Crippen LogP contribution is -2.24. The normalized spacial score (nSPS) is 10.6. The minimum absolute atomic E-state index is 0.159. The lowest BCUT2D eigenvalue weighted by Gasteiger charge is -2.08. The summed E-state index contributed by atoms with van der Waals surface area (Å²) >= 11 is 2.04. The second-order valence-corrected chi connectivity index (χ2v) is 4.94. The SMILES string of the molecule is COc1ccccc1OCC(=O)N/N=C/c1ccc(I)o1. The smallest absolute Gasteiger partial charge is 0.277 e. The van der Waals surface area contributed by atoms with Crippen molar-refractivity contribution in [1.29, 1.82) is 0 Å². The Morgan fingerprint density at radius 2 is 2.10 bits per heavy atom. The third-order valence-corrected chi connectivity index (χ3v) is 2.98. The lowest BCUT2D eigenvalue weighted by atomic mass is 10.3. The summed E-state index contributed by atoms with van der Waals surface area (Å²) in [6.45, 7) is -0.159. The molecule has 110 valence electrons. The van der Waals surface area contributed by atoms with Crippen LogP contribution in [0.25, 0.3) is 0 Å². The quantitative estimate of drug-likeness (QED) is 0.459. The summed E-state index contributed by atoms with van der Waals surface area (Å²) in [6.07, 6.45) is 1.42. The number of amides is 1. The Labute approximate surface area is 135 Å². The molecule has 0 aliphatic carbocycles. The van der Waals surface area contributed by atoms with Crippen molar-refractivity contribution in [2.75, 3.05) is 13.7 Å². The highest BCUT2D eigenvalue weighted by atomic mass is 127. The van der Waals surface area contributed by atoms with E-state index in [0.717, 1.165) is 3.77 Å². The number of hydrogen-bond donors (Lipinski definition) is 1. The maximum absolute atomic E-state index is 11.6. The van der Waals surface area contributed by atoms with Gasteiger partial charge in [-0.1, -0.05) is 12.1 Å². The number of para-hydroxylation sites is 2. The fourth-order valence-corrected chi connectivity index (χ4v) is 1.91. The van der Waals surface area contributed by atoms with Crippen molar-refractivity contribution in [2.45, 2.75) is 0 Å². The third kappa shape index (κ3) is 4.78. The number of nitrogens with one attached hydrogen (secondary N) is 1. The van der Waals surface area contributed by atoms with Gasteiger partial charge in [0, 0.05) is 0 Å². The molecule has 0 bridgehead atoms. The molecule has 0 atom stereocenters. The Kier molecular flexibility index (Phi) is 5.61. The van der Waals surface area contributed by atoms with Gasteiger partial charge in [-0.15, -0.1) is 0 Å². The molecule has 6 nitrogen and oxygen atoms in total. The number of halogens is 1. The van der Waals surface area contributed by atoms with Crippen LogP contribution in [0, 0.1) is 3.77 Å². The van der Waals surface area contributed by atoms with Crippen LogP contribution in [0.2, 0.25) is 0 Å². The van der Waals surface area contributed by atoms with Crippen LogP contribution in [0.4, 0.5) is 0 Å². The van der Waals surface area contributed by atoms with Gasteiger partial charge < -0.3 is 13.9 Å². The number of carbonyl (C=O) groups is 1. The Hall–Kier alpha value is -2.03. The first-order valence-electron chi connectivity index (χ1n) is 6.02. The summed E-state index contributed by atoms with van der Waals surface area (Å²) in [4.78, 5) is 11.6. The molecule has 0 fully saturated rings. The number of carbonyl (C=O) groups excluding carboxylic acids is 1. The standard InChI is InChI=1S/C14H13IN2O4/c1-19-11-4-2-3-5-12(11)20-9-14(18)17-16-8-10-6-7-13(15)21-10/h2-8H,9H2,1H3,(H,17,18)/b16-8+. The average molecular weight is 400 g/mol. The molecule has 7 heteroatoms. The number of ether oxygens (including phenoxy) is 2. The van der Waals surface area contributed by atoms with Crippen LogP contribution in [-0.4, -0.2) is 25.8 Å². The van der Waals surface area contributed by atoms with E-state index in [1.807, 2.05) is 28.7 Å². The minimum Gasteiger partial charge on any atom is -0.493 e. The summed E-state index contributed by atoms with van der Waals surface area (Å²) in [5.74, 6) is 1.25. The molecule has 1 aromatic heterocycles. The molecule has 21 heavy (non-hydrogen) atoms. The maximum atomic E-state index is 11.6. The van der Waals surface area contributed by atoms with Crippen LogP contribution in [0.15, 0.2) is 45.9 Å². The minimum atomic E-state index is -0.376. The van der Waals surface area contributed by atoms with Gasteiger partial charge in [0.1, 0.15) is 5.76 Å². The Morgan fingerprint density at radius 1 is 1.33 bits per heavy atom. The molecule has 2 rings (SSSR count). The first-order chi connectivity index (χ1) is 10.2. The van der Waals surface area contributed by atoms with Gasteiger partial charge in [-0.3, -0.25) is 4.79 Å². The second-order valence-electron chi connectivity index (χ2n) is 3.87. The van der Waals surface area contributed by atoms with Crippen molar-refractivity contribution < 1.29 is 18.7 Å². The van der Waals surface area contributed by atoms with Gasteiger partial charge in [-0.25, -0.2) is 5.43 Å². The zero-order valence-corrected chi connectivity index (χ0v) is 13.4. The number of nitrogens with zero attached hydrogens (tertiary/aromatic N) is 1. The first-order valence-corrected chi connectivity index (χ1v) is 7.10. The predicted molar refractivity (Wildman–Crippen MR) is 85.7 cm³/mol. The monoisotopic (exact) mass is 400 g/mol. The zero-order chi connectivity index (χ0) is 15.1. The number of benzene rings is 1. The van der Waals surface area contributed by atoms with Crippen LogP contribution < -0.4 is 14.9 Å². The average Bonchev–Trinajstić information content (AvgIpc) is 2.91. The van der Waals surface area contributed by atoms with E-state index >= 15 is 0 Å². The summed E-state index contributed by atoms with van der Waals surface area (Å²) in [5.41, 5.74) is 2.35. The molecule has 0 radical (unpaired) electrons. The fourth-order valence-electron chi connectivity index (χ4n) is 1.48. The van der Waals surface area contributed by atoms with Crippen LogP contribution in [0.1, 0.15) is 5.76 Å². The molecule has 0 unspecified atom stereocenters. The second kappa shape index (κ2) is 7.67. The van der Waals surface area contributed by atoms with Crippen molar-refractivity contribution in [2.24, 2.45) is 5.10 Å². The molecule has 2 aromatic rings. The zero-order valence-electron chi connectivity index (χ0n) is 11.2. The van der Waals surface area contributed by atoms with Crippen molar-refractivity contribution in [3.8, 4) is 11.5 Å². The molecule has 0 saturated heterocycles. The van der Waals surface area contributed by atoms with E-state index in [2.05, 4.69) is 10.5 Å². The van der Waals surface area contributed by atoms with Crippen LogP contribution >= 0.6 is 22.6 Å². The third-order valence-electron chi connectivity index (χ3n) is 2.40. The molecular formula is C14H13IN2O4. The topological polar surface area (TPSA) is 73.1 Å². The van der Waals surface area contributed by atoms with E-state index in [-0.39, 0.29) is 12.5 Å². The molecular weight excluding hydrogens is 387 g/mol. The predicted octanol–water partition coefficient (Wildman–Crippen LogP) is 2.42. The Balaban J connectivity index is 1.81. The van der Waals surface area contributed by atoms with Crippen molar-refractivity contribution in [3.05, 3.63) is 45.9 Å². The van der Waals surface area contributed by atoms with E-state index in [1.165, 1.54) is 13.3 Å². The molecule has 1 amide bonds. The molecule has 0 aliphatic heterocycles. The molecule has 1 aromatic carbocycles. The maximum Gasteiger partial charge on any atom is 0.277 e. The van der Waals surface area contributed by atoms with E-state index in [0.29, 0.717) is 17.3 Å². The highest BCUT2D eigenvalue weighted by Crippen LogP contribution is 2.25. The van der Waals surface area contributed by atoms with Gasteiger partial charge in [-0.2, -0.15) is 5.10 Å². The molecule has 0 spiro atoms. The lowest BCUT2D eigenvalue weighted by molar-refractivity contribution is -0.123. The Bertz CT molecular complexity index is 639. The van der Waals surface area contributed by atoms with E-state index < -0.39 is 0 Å². The molecule has 0 aliphatic rings. The molecule has 1 heterocycles. The largest absolute Gasteiger partial charge is 0.493 e. The number of furan rings is 1. The van der Waals surface area contributed by atoms with Gasteiger partial charge in [0.25, 0.3) is 5.91 Å². The highest BCUT2D eigenvalue weighted by molar-refractivity contribution is 14.1. The number of hydrogen-bond acceptors (Lipinski definition) is 5. The van der Waals surface area contributed by atoms with Crippen LogP contribution in [-0.2, 0) is 4.79 Å². The first kappa shape index (κ1) is 15.4. The Morgan fingerprint density at radius 3 is 2.76 bits per heavy atom. The van der Waals surface area contributed by atoms with Gasteiger partial charge >= 0.3 is 0 Å². The summed E-state index contributed by atoms with van der Waals surface area (Å²) in [6, 6.07) is 10.6. The molecule has 1 N–H and O–H groups in total. The van der Waals surface area contributed by atoms with E-state index in [9.17, 15) is 4.79 Å². The summed E-state index contributed by atoms with van der Waals surface area (Å²) in [5, 5.41) is 3.78.